The SMILES string of the molecule is CCC(=O)Nc1cnccc1C#Cc1ccc(C(C)(C)C)cc1. The molecule has 0 bridgehead atoms. The van der Waals surface area contributed by atoms with Crippen molar-refractivity contribution in [1.82, 2.24) is 4.98 Å². The van der Waals surface area contributed by atoms with Crippen molar-refractivity contribution >= 4 is 11.6 Å². The highest BCUT2D eigenvalue weighted by Crippen LogP contribution is 2.22. The number of hydrogen-bond donors (Lipinski definition) is 1. The first-order chi connectivity index (χ1) is 10.9. The van der Waals surface area contributed by atoms with Crippen LogP contribution in [0.1, 0.15) is 50.8 Å². The lowest BCUT2D eigenvalue weighted by Crippen LogP contribution is -2.10. The van der Waals surface area contributed by atoms with Gasteiger partial charge in [-0.3, -0.25) is 9.78 Å². The minimum Gasteiger partial charge on any atom is -0.324 e. The second-order valence-corrected chi connectivity index (χ2v) is 6.40. The van der Waals surface area contributed by atoms with Crippen molar-refractivity contribution in [3.63, 3.8) is 0 Å². The Balaban J connectivity index is 2.24. The first-order valence-corrected chi connectivity index (χ1v) is 7.76. The molecule has 0 aliphatic carbocycles. The van der Waals surface area contributed by atoms with Crippen molar-refractivity contribution < 1.29 is 4.79 Å². The Morgan fingerprint density at radius 1 is 1.13 bits per heavy atom. The number of carbonyl (C=O) groups is 1. The molecule has 3 heteroatoms. The predicted octanol–water partition coefficient (Wildman–Crippen LogP) is 4.13. The lowest BCUT2D eigenvalue weighted by molar-refractivity contribution is -0.115. The maximum atomic E-state index is 11.6. The average Bonchev–Trinajstić information content (AvgIpc) is 2.53. The Morgan fingerprint density at radius 2 is 1.83 bits per heavy atom. The zero-order valence-electron chi connectivity index (χ0n) is 14.1. The molecule has 1 N–H and O–H groups in total. The fourth-order valence-corrected chi connectivity index (χ4v) is 2.03. The molecule has 2 rings (SSSR count). The minimum absolute atomic E-state index is 0.0458. The molecule has 1 aromatic heterocycles. The number of amides is 1. The summed E-state index contributed by atoms with van der Waals surface area (Å²) in [5.74, 6) is 6.21. The van der Waals surface area contributed by atoms with E-state index in [9.17, 15) is 4.79 Å². The van der Waals surface area contributed by atoms with Gasteiger partial charge < -0.3 is 5.32 Å². The fourth-order valence-electron chi connectivity index (χ4n) is 2.03. The molecule has 0 aliphatic rings. The van der Waals surface area contributed by atoms with Crippen LogP contribution in [0.15, 0.2) is 42.7 Å². The van der Waals surface area contributed by atoms with Gasteiger partial charge in [0.1, 0.15) is 0 Å². The number of rotatable bonds is 2. The molecule has 118 valence electrons. The number of nitrogens with one attached hydrogen (secondary N) is 1. The van der Waals surface area contributed by atoms with E-state index in [2.05, 4.69) is 55.0 Å². The van der Waals surface area contributed by atoms with Gasteiger partial charge in [-0.2, -0.15) is 0 Å². The van der Waals surface area contributed by atoms with E-state index in [0.29, 0.717) is 12.1 Å². The topological polar surface area (TPSA) is 42.0 Å². The molecule has 23 heavy (non-hydrogen) atoms. The van der Waals surface area contributed by atoms with Crippen LogP contribution in [0.25, 0.3) is 0 Å². The Bertz CT molecular complexity index is 744. The smallest absolute Gasteiger partial charge is 0.224 e. The van der Waals surface area contributed by atoms with Crippen molar-refractivity contribution in [2.45, 2.75) is 39.5 Å². The molecule has 2 aromatic rings. The lowest BCUT2D eigenvalue weighted by Gasteiger charge is -2.18. The maximum Gasteiger partial charge on any atom is 0.224 e. The first-order valence-electron chi connectivity index (χ1n) is 7.76. The predicted molar refractivity (Wildman–Crippen MR) is 94.3 cm³/mol. The zero-order valence-corrected chi connectivity index (χ0v) is 14.1. The van der Waals surface area contributed by atoms with Crippen LogP contribution in [0.5, 0.6) is 0 Å². The van der Waals surface area contributed by atoms with E-state index in [0.717, 1.165) is 11.1 Å². The summed E-state index contributed by atoms with van der Waals surface area (Å²) in [6.45, 7) is 8.38. The summed E-state index contributed by atoms with van der Waals surface area (Å²) in [7, 11) is 0. The molecule has 0 atom stereocenters. The third-order valence-corrected chi connectivity index (χ3v) is 3.51. The van der Waals surface area contributed by atoms with Gasteiger partial charge >= 0.3 is 0 Å². The van der Waals surface area contributed by atoms with Crippen LogP contribution in [0, 0.1) is 11.8 Å². The van der Waals surface area contributed by atoms with Crippen LogP contribution in [0.2, 0.25) is 0 Å². The molecule has 1 aromatic carbocycles. The van der Waals surface area contributed by atoms with E-state index in [1.807, 2.05) is 25.1 Å². The third kappa shape index (κ3) is 4.69. The monoisotopic (exact) mass is 306 g/mol. The molecule has 3 nitrogen and oxygen atoms in total. The molecule has 0 saturated carbocycles. The highest BCUT2D eigenvalue weighted by Gasteiger charge is 2.12. The van der Waals surface area contributed by atoms with Gasteiger partial charge in [0.25, 0.3) is 0 Å². The lowest BCUT2D eigenvalue weighted by atomic mass is 9.87. The van der Waals surface area contributed by atoms with Gasteiger partial charge in [0, 0.05) is 18.2 Å². The number of anilines is 1. The number of carbonyl (C=O) groups excluding carboxylic acids is 1. The van der Waals surface area contributed by atoms with E-state index >= 15 is 0 Å². The number of aromatic nitrogens is 1. The van der Waals surface area contributed by atoms with Gasteiger partial charge in [0.05, 0.1) is 17.4 Å². The Kier molecular flexibility index (Phi) is 5.18. The second-order valence-electron chi connectivity index (χ2n) is 6.40. The van der Waals surface area contributed by atoms with Crippen LogP contribution in [-0.2, 0) is 10.2 Å². The standard InChI is InChI=1S/C20H22N2O/c1-5-19(23)22-18-14-21-13-12-16(18)9-6-15-7-10-17(11-8-15)20(2,3)4/h7-8,10-14H,5H2,1-4H3,(H,22,23). The molecule has 1 amide bonds. The van der Waals surface area contributed by atoms with Gasteiger partial charge in [-0.25, -0.2) is 0 Å². The van der Waals surface area contributed by atoms with Crippen LogP contribution >= 0.6 is 0 Å². The van der Waals surface area contributed by atoms with Gasteiger partial charge in [-0.15, -0.1) is 0 Å². The minimum atomic E-state index is -0.0458. The molecular weight excluding hydrogens is 284 g/mol. The summed E-state index contributed by atoms with van der Waals surface area (Å²) in [6, 6.07) is 10.1. The summed E-state index contributed by atoms with van der Waals surface area (Å²) in [4.78, 5) is 15.6. The Labute approximate surface area is 138 Å². The fraction of sp³-hybridized carbons (Fsp3) is 0.300. The van der Waals surface area contributed by atoms with Crippen LogP contribution in [-0.4, -0.2) is 10.9 Å². The molecule has 0 aliphatic heterocycles. The molecular formula is C20H22N2O. The van der Waals surface area contributed by atoms with Gasteiger partial charge in [0.2, 0.25) is 5.91 Å². The Morgan fingerprint density at radius 3 is 2.43 bits per heavy atom. The van der Waals surface area contributed by atoms with Gasteiger partial charge in [0.15, 0.2) is 0 Å². The largest absolute Gasteiger partial charge is 0.324 e. The summed E-state index contributed by atoms with van der Waals surface area (Å²) in [6.07, 6.45) is 3.73. The van der Waals surface area contributed by atoms with Crippen molar-refractivity contribution in [1.29, 1.82) is 0 Å². The average molecular weight is 306 g/mol. The maximum absolute atomic E-state index is 11.6. The van der Waals surface area contributed by atoms with E-state index < -0.39 is 0 Å². The zero-order chi connectivity index (χ0) is 16.9. The summed E-state index contributed by atoms with van der Waals surface area (Å²) < 4.78 is 0. The van der Waals surface area contributed by atoms with E-state index in [1.165, 1.54) is 5.56 Å². The second kappa shape index (κ2) is 7.11. The summed E-state index contributed by atoms with van der Waals surface area (Å²) >= 11 is 0. The highest BCUT2D eigenvalue weighted by atomic mass is 16.1. The quantitative estimate of drug-likeness (QED) is 0.848. The van der Waals surface area contributed by atoms with E-state index in [-0.39, 0.29) is 11.3 Å². The third-order valence-electron chi connectivity index (χ3n) is 3.51. The van der Waals surface area contributed by atoms with Crippen molar-refractivity contribution in [2.75, 3.05) is 5.32 Å². The molecule has 1 heterocycles. The summed E-state index contributed by atoms with van der Waals surface area (Å²) in [5.41, 5.74) is 3.78. The molecule has 0 radical (unpaired) electrons. The first kappa shape index (κ1) is 16.8. The number of nitrogens with zero attached hydrogens (tertiary/aromatic N) is 1. The van der Waals surface area contributed by atoms with E-state index in [1.54, 1.807) is 12.4 Å². The van der Waals surface area contributed by atoms with E-state index in [4.69, 9.17) is 0 Å². The molecule has 0 fully saturated rings. The van der Waals surface area contributed by atoms with Gasteiger partial charge in [-0.1, -0.05) is 51.7 Å². The van der Waals surface area contributed by atoms with Crippen molar-refractivity contribution in [2.24, 2.45) is 0 Å². The van der Waals surface area contributed by atoms with Crippen molar-refractivity contribution in [3.8, 4) is 11.8 Å². The van der Waals surface area contributed by atoms with Crippen LogP contribution in [0.3, 0.4) is 0 Å². The molecule has 0 unspecified atom stereocenters. The normalized spacial score (nSPS) is 10.6. The summed E-state index contributed by atoms with van der Waals surface area (Å²) in [5, 5.41) is 2.82. The van der Waals surface area contributed by atoms with Crippen LogP contribution < -0.4 is 5.32 Å². The molecule has 0 spiro atoms. The van der Waals surface area contributed by atoms with Crippen molar-refractivity contribution in [3.05, 3.63) is 59.4 Å². The molecule has 0 saturated heterocycles. The number of benzene rings is 1. The highest BCUT2D eigenvalue weighted by molar-refractivity contribution is 5.91. The number of hydrogen-bond acceptors (Lipinski definition) is 2. The number of pyridine rings is 1. The van der Waals surface area contributed by atoms with Crippen LogP contribution in [0.4, 0.5) is 5.69 Å². The Hall–Kier alpha value is -2.60. The van der Waals surface area contributed by atoms with Gasteiger partial charge in [-0.05, 0) is 29.2 Å².